The summed E-state index contributed by atoms with van der Waals surface area (Å²) in [7, 11) is 1.81. The van der Waals surface area contributed by atoms with Crippen LogP contribution in [0.5, 0.6) is 5.75 Å². The van der Waals surface area contributed by atoms with Gasteiger partial charge in [0.15, 0.2) is 17.5 Å². The fourth-order valence-corrected chi connectivity index (χ4v) is 1.80. The first-order valence-electron chi connectivity index (χ1n) is 6.92. The van der Waals surface area contributed by atoms with Crippen molar-refractivity contribution in [3.8, 4) is 5.75 Å². The number of aliphatic imine (C=N–C) groups is 1. The van der Waals surface area contributed by atoms with Crippen LogP contribution in [0.2, 0.25) is 0 Å². The summed E-state index contributed by atoms with van der Waals surface area (Å²) in [6, 6.07) is 4.22. The van der Waals surface area contributed by atoms with Crippen LogP contribution < -0.4 is 10.6 Å². The van der Waals surface area contributed by atoms with Crippen molar-refractivity contribution >= 4 is 5.96 Å². The predicted molar refractivity (Wildman–Crippen MR) is 80.7 cm³/mol. The molecule has 0 atom stereocenters. The number of hydrogen-bond acceptors (Lipinski definition) is 4. The number of halogens is 1. The zero-order chi connectivity index (χ0) is 15.9. The van der Waals surface area contributed by atoms with Gasteiger partial charge in [0.05, 0.1) is 13.1 Å². The molecule has 0 aliphatic heterocycles. The molecule has 3 N–H and O–H groups in total. The van der Waals surface area contributed by atoms with Gasteiger partial charge in [-0.25, -0.2) is 14.4 Å². The number of aryl methyl sites for hydroxylation is 1. The highest BCUT2D eigenvalue weighted by molar-refractivity contribution is 5.79. The van der Waals surface area contributed by atoms with Gasteiger partial charge in [-0.05, 0) is 24.6 Å². The molecule has 8 heteroatoms. The van der Waals surface area contributed by atoms with Crippen LogP contribution in [0.15, 0.2) is 29.5 Å². The van der Waals surface area contributed by atoms with E-state index in [9.17, 15) is 9.50 Å². The minimum absolute atomic E-state index is 0.297. The standard InChI is InChI=1S/C14H19FN6O/c1-3-16-14(18-8-13-19-9-20-21(13)2)17-7-10-4-5-12(22)11(15)6-10/h4-6,9,22H,3,7-8H2,1-2H3,(H2,16,17,18). The summed E-state index contributed by atoms with van der Waals surface area (Å²) in [6.07, 6.45) is 1.49. The van der Waals surface area contributed by atoms with Crippen LogP contribution in [0, 0.1) is 5.82 Å². The fourth-order valence-electron chi connectivity index (χ4n) is 1.80. The summed E-state index contributed by atoms with van der Waals surface area (Å²) < 4.78 is 15.0. The summed E-state index contributed by atoms with van der Waals surface area (Å²) in [4.78, 5) is 8.49. The maximum Gasteiger partial charge on any atom is 0.191 e. The smallest absolute Gasteiger partial charge is 0.191 e. The molecule has 0 saturated heterocycles. The lowest BCUT2D eigenvalue weighted by Crippen LogP contribution is -2.37. The van der Waals surface area contributed by atoms with Gasteiger partial charge in [-0.2, -0.15) is 5.10 Å². The monoisotopic (exact) mass is 306 g/mol. The molecule has 0 aliphatic carbocycles. The fraction of sp³-hybridized carbons (Fsp3) is 0.357. The second kappa shape index (κ2) is 7.39. The largest absolute Gasteiger partial charge is 0.505 e. The van der Waals surface area contributed by atoms with Crippen LogP contribution in [-0.4, -0.2) is 32.4 Å². The van der Waals surface area contributed by atoms with Gasteiger partial charge >= 0.3 is 0 Å². The molecule has 1 heterocycles. The quantitative estimate of drug-likeness (QED) is 0.565. The number of rotatable bonds is 5. The van der Waals surface area contributed by atoms with Crippen LogP contribution in [0.4, 0.5) is 4.39 Å². The normalized spacial score (nSPS) is 11.5. The van der Waals surface area contributed by atoms with Crippen molar-refractivity contribution in [2.45, 2.75) is 20.0 Å². The number of guanidine groups is 1. The van der Waals surface area contributed by atoms with Crippen molar-refractivity contribution in [1.29, 1.82) is 0 Å². The summed E-state index contributed by atoms with van der Waals surface area (Å²) >= 11 is 0. The van der Waals surface area contributed by atoms with E-state index < -0.39 is 5.82 Å². The second-order valence-electron chi connectivity index (χ2n) is 4.63. The SMILES string of the molecule is CCNC(=NCc1ccc(O)c(F)c1)NCc1ncnn1C. The molecule has 0 bridgehead atoms. The molecule has 0 amide bonds. The molecule has 2 rings (SSSR count). The Bertz CT molecular complexity index is 655. The maximum atomic E-state index is 13.3. The Balaban J connectivity index is 2.00. The first kappa shape index (κ1) is 15.7. The number of hydrogen-bond donors (Lipinski definition) is 3. The van der Waals surface area contributed by atoms with Crippen molar-refractivity contribution in [3.05, 3.63) is 41.7 Å². The van der Waals surface area contributed by atoms with E-state index in [0.29, 0.717) is 31.2 Å². The molecule has 0 spiro atoms. The average molecular weight is 306 g/mol. The average Bonchev–Trinajstić information content (AvgIpc) is 2.91. The van der Waals surface area contributed by atoms with Gasteiger partial charge in [0, 0.05) is 13.6 Å². The molecule has 1 aromatic carbocycles. The van der Waals surface area contributed by atoms with Crippen LogP contribution in [-0.2, 0) is 20.1 Å². The van der Waals surface area contributed by atoms with Gasteiger partial charge in [-0.3, -0.25) is 4.68 Å². The van der Waals surface area contributed by atoms with Crippen molar-refractivity contribution in [2.24, 2.45) is 12.0 Å². The van der Waals surface area contributed by atoms with Gasteiger partial charge < -0.3 is 15.7 Å². The zero-order valence-electron chi connectivity index (χ0n) is 12.5. The molecule has 0 aliphatic rings. The molecule has 2 aromatic rings. The van der Waals surface area contributed by atoms with Crippen molar-refractivity contribution < 1.29 is 9.50 Å². The molecule has 0 radical (unpaired) electrons. The number of aromatic nitrogens is 3. The van der Waals surface area contributed by atoms with E-state index in [-0.39, 0.29) is 5.75 Å². The molecule has 7 nitrogen and oxygen atoms in total. The molecule has 0 saturated carbocycles. The third-order valence-electron chi connectivity index (χ3n) is 3.00. The second-order valence-corrected chi connectivity index (χ2v) is 4.63. The Morgan fingerprint density at radius 3 is 2.86 bits per heavy atom. The highest BCUT2D eigenvalue weighted by atomic mass is 19.1. The Hall–Kier alpha value is -2.64. The summed E-state index contributed by atoms with van der Waals surface area (Å²) in [6.45, 7) is 3.44. The first-order chi connectivity index (χ1) is 10.6. The number of aromatic hydroxyl groups is 1. The lowest BCUT2D eigenvalue weighted by molar-refractivity contribution is 0.432. The topological polar surface area (TPSA) is 87.4 Å². The van der Waals surface area contributed by atoms with E-state index in [1.807, 2.05) is 14.0 Å². The van der Waals surface area contributed by atoms with Gasteiger partial charge in [0.1, 0.15) is 12.2 Å². The van der Waals surface area contributed by atoms with Gasteiger partial charge in [0.25, 0.3) is 0 Å². The van der Waals surface area contributed by atoms with Crippen LogP contribution in [0.3, 0.4) is 0 Å². The molecule has 118 valence electrons. The summed E-state index contributed by atoms with van der Waals surface area (Å²) in [5.74, 6) is 0.366. The molecule has 1 aromatic heterocycles. The molecular weight excluding hydrogens is 287 g/mol. The molecular formula is C14H19FN6O. The minimum Gasteiger partial charge on any atom is -0.505 e. The molecule has 0 fully saturated rings. The van der Waals surface area contributed by atoms with E-state index >= 15 is 0 Å². The Kier molecular flexibility index (Phi) is 5.29. The third-order valence-corrected chi connectivity index (χ3v) is 3.00. The first-order valence-corrected chi connectivity index (χ1v) is 6.92. The van der Waals surface area contributed by atoms with Gasteiger partial charge in [-0.15, -0.1) is 0 Å². The Labute approximate surface area is 127 Å². The van der Waals surface area contributed by atoms with E-state index in [2.05, 4.69) is 25.7 Å². The highest BCUT2D eigenvalue weighted by Gasteiger charge is 2.04. The predicted octanol–water partition coefficient (Wildman–Crippen LogP) is 0.915. The van der Waals surface area contributed by atoms with Crippen LogP contribution in [0.1, 0.15) is 18.3 Å². The van der Waals surface area contributed by atoms with E-state index in [4.69, 9.17) is 0 Å². The number of phenols is 1. The summed E-state index contributed by atoms with van der Waals surface area (Å²) in [5, 5.41) is 19.4. The zero-order valence-corrected chi connectivity index (χ0v) is 12.5. The van der Waals surface area contributed by atoms with E-state index in [0.717, 1.165) is 5.82 Å². The Morgan fingerprint density at radius 1 is 1.41 bits per heavy atom. The van der Waals surface area contributed by atoms with Crippen molar-refractivity contribution in [1.82, 2.24) is 25.4 Å². The number of nitrogens with one attached hydrogen (secondary N) is 2. The summed E-state index contributed by atoms with van der Waals surface area (Å²) in [5.41, 5.74) is 0.672. The lowest BCUT2D eigenvalue weighted by Gasteiger charge is -2.11. The minimum atomic E-state index is -0.648. The number of benzene rings is 1. The van der Waals surface area contributed by atoms with Crippen molar-refractivity contribution in [2.75, 3.05) is 6.54 Å². The van der Waals surface area contributed by atoms with Crippen LogP contribution >= 0.6 is 0 Å². The number of nitrogens with zero attached hydrogens (tertiary/aromatic N) is 4. The van der Waals surface area contributed by atoms with E-state index in [1.54, 1.807) is 10.7 Å². The number of phenolic OH excluding ortho intramolecular Hbond substituents is 1. The van der Waals surface area contributed by atoms with E-state index in [1.165, 1.54) is 18.5 Å². The molecule has 0 unspecified atom stereocenters. The molecule has 22 heavy (non-hydrogen) atoms. The van der Waals surface area contributed by atoms with Crippen molar-refractivity contribution in [3.63, 3.8) is 0 Å². The van der Waals surface area contributed by atoms with Crippen LogP contribution in [0.25, 0.3) is 0 Å². The Morgan fingerprint density at radius 2 is 2.23 bits per heavy atom. The van der Waals surface area contributed by atoms with Gasteiger partial charge in [-0.1, -0.05) is 6.07 Å². The maximum absolute atomic E-state index is 13.3. The third kappa shape index (κ3) is 4.18. The highest BCUT2D eigenvalue weighted by Crippen LogP contribution is 2.16. The lowest BCUT2D eigenvalue weighted by atomic mass is 10.2. The van der Waals surface area contributed by atoms with Gasteiger partial charge in [0.2, 0.25) is 0 Å².